The van der Waals surface area contributed by atoms with Gasteiger partial charge in [-0.25, -0.2) is 4.98 Å². The lowest BCUT2D eigenvalue weighted by molar-refractivity contribution is -0.122. The fourth-order valence-electron chi connectivity index (χ4n) is 2.44. The molecule has 0 fully saturated rings. The average Bonchev–Trinajstić information content (AvgIpc) is 2.89. The molecule has 0 bridgehead atoms. The Hall–Kier alpha value is -1.32. The summed E-state index contributed by atoms with van der Waals surface area (Å²) in [5.74, 6) is 1.81. The number of guanidine groups is 1. The summed E-state index contributed by atoms with van der Waals surface area (Å²) in [6, 6.07) is 0. The number of aliphatic imine (C=N–C) groups is 1. The second kappa shape index (κ2) is 12.1. The first-order chi connectivity index (χ1) is 11.7. The molecule has 0 spiro atoms. The number of halogens is 1. The smallest absolute Gasteiger partial charge is 0.240 e. The van der Waals surface area contributed by atoms with Gasteiger partial charge in [0.05, 0.1) is 6.54 Å². The minimum absolute atomic E-state index is 0. The molecule has 0 aliphatic heterocycles. The normalized spacial score (nSPS) is 11.7. The monoisotopic (exact) mass is 478 g/mol. The zero-order valence-electron chi connectivity index (χ0n) is 17.0. The van der Waals surface area contributed by atoms with E-state index in [1.807, 2.05) is 59.0 Å². The number of likely N-dealkylation sites (N-methyl/N-ethyl adjacent to an activating group) is 1. The van der Waals surface area contributed by atoms with Crippen LogP contribution in [0, 0.1) is 6.92 Å². The molecule has 0 aliphatic rings. The predicted molar refractivity (Wildman–Crippen MR) is 118 cm³/mol. The number of nitrogens with one attached hydrogen (secondary N) is 2. The summed E-state index contributed by atoms with van der Waals surface area (Å²) in [7, 11) is 1.89. The Labute approximate surface area is 175 Å². The molecule has 0 aromatic carbocycles. The third kappa shape index (κ3) is 9.98. The van der Waals surface area contributed by atoms with Crippen LogP contribution in [0.2, 0.25) is 0 Å². The molecule has 0 atom stereocenters. The molecule has 0 saturated carbocycles. The highest BCUT2D eigenvalue weighted by atomic mass is 127. The maximum Gasteiger partial charge on any atom is 0.240 e. The van der Waals surface area contributed by atoms with Gasteiger partial charge in [-0.1, -0.05) is 0 Å². The fraction of sp³-hybridized carbons (Fsp3) is 0.722. The van der Waals surface area contributed by atoms with Gasteiger partial charge in [-0.05, 0) is 47.5 Å². The summed E-state index contributed by atoms with van der Waals surface area (Å²) in [4.78, 5) is 22.8. The minimum Gasteiger partial charge on any atom is -0.357 e. The Morgan fingerprint density at radius 2 is 2.04 bits per heavy atom. The van der Waals surface area contributed by atoms with Gasteiger partial charge < -0.3 is 20.1 Å². The van der Waals surface area contributed by atoms with Crippen molar-refractivity contribution in [2.45, 2.75) is 59.5 Å². The molecule has 7 nitrogen and oxygen atoms in total. The first-order valence-electron chi connectivity index (χ1n) is 9.01. The van der Waals surface area contributed by atoms with Crippen molar-refractivity contribution < 1.29 is 4.79 Å². The third-order valence-corrected chi connectivity index (χ3v) is 3.58. The van der Waals surface area contributed by atoms with E-state index in [1.165, 1.54) is 0 Å². The van der Waals surface area contributed by atoms with Crippen LogP contribution in [-0.4, -0.2) is 58.5 Å². The third-order valence-electron chi connectivity index (χ3n) is 3.58. The highest BCUT2D eigenvalue weighted by molar-refractivity contribution is 14.0. The molecule has 1 aromatic rings. The summed E-state index contributed by atoms with van der Waals surface area (Å²) in [6.45, 7) is 12.7. The lowest BCUT2D eigenvalue weighted by atomic mass is 10.1. The second-order valence-corrected chi connectivity index (χ2v) is 7.26. The number of aromatic nitrogens is 2. The number of hydrogen-bond acceptors (Lipinski definition) is 3. The quantitative estimate of drug-likeness (QED) is 0.261. The van der Waals surface area contributed by atoms with Crippen molar-refractivity contribution in [2.24, 2.45) is 4.99 Å². The van der Waals surface area contributed by atoms with E-state index in [9.17, 15) is 4.79 Å². The fourth-order valence-corrected chi connectivity index (χ4v) is 2.44. The number of aryl methyl sites for hydroxylation is 2. The second-order valence-electron chi connectivity index (χ2n) is 7.26. The van der Waals surface area contributed by atoms with Crippen molar-refractivity contribution in [3.63, 3.8) is 0 Å². The molecule has 0 saturated heterocycles. The van der Waals surface area contributed by atoms with Gasteiger partial charge in [-0.2, -0.15) is 0 Å². The van der Waals surface area contributed by atoms with Crippen LogP contribution in [0.15, 0.2) is 17.4 Å². The van der Waals surface area contributed by atoms with Gasteiger partial charge >= 0.3 is 0 Å². The van der Waals surface area contributed by atoms with Gasteiger partial charge in [-0.15, -0.1) is 24.0 Å². The van der Waals surface area contributed by atoms with Gasteiger partial charge in [0.1, 0.15) is 5.82 Å². The number of rotatable bonds is 8. The lowest BCUT2D eigenvalue weighted by Gasteiger charge is -2.25. The zero-order valence-corrected chi connectivity index (χ0v) is 19.3. The number of amides is 1. The van der Waals surface area contributed by atoms with Crippen LogP contribution >= 0.6 is 24.0 Å². The molecule has 150 valence electrons. The highest BCUT2D eigenvalue weighted by Gasteiger charge is 2.16. The van der Waals surface area contributed by atoms with Crippen LogP contribution in [0.3, 0.4) is 0 Å². The van der Waals surface area contributed by atoms with E-state index in [0.29, 0.717) is 0 Å². The minimum atomic E-state index is -0.223. The SMILES string of the molecule is CCNC(=NCCCCn1ccnc1C)N(C)CC(=O)NC(C)(C)C.I. The summed E-state index contributed by atoms with van der Waals surface area (Å²) in [6.07, 6.45) is 5.88. The summed E-state index contributed by atoms with van der Waals surface area (Å²) < 4.78 is 2.15. The van der Waals surface area contributed by atoms with Crippen molar-refractivity contribution in [1.29, 1.82) is 0 Å². The van der Waals surface area contributed by atoms with Crippen molar-refractivity contribution in [3.8, 4) is 0 Å². The van der Waals surface area contributed by atoms with Gasteiger partial charge in [-0.3, -0.25) is 9.79 Å². The van der Waals surface area contributed by atoms with E-state index in [2.05, 4.69) is 25.2 Å². The van der Waals surface area contributed by atoms with Crippen molar-refractivity contribution in [2.75, 3.05) is 26.7 Å². The lowest BCUT2D eigenvalue weighted by Crippen LogP contribution is -2.48. The number of carbonyl (C=O) groups excluding carboxylic acids is 1. The summed E-state index contributed by atoms with van der Waals surface area (Å²) in [5, 5.41) is 6.22. The van der Waals surface area contributed by atoms with Gasteiger partial charge in [0.2, 0.25) is 5.91 Å². The van der Waals surface area contributed by atoms with Crippen LogP contribution in [0.25, 0.3) is 0 Å². The molecule has 1 heterocycles. The van der Waals surface area contributed by atoms with E-state index in [4.69, 9.17) is 0 Å². The molecule has 1 aromatic heterocycles. The van der Waals surface area contributed by atoms with Crippen molar-refractivity contribution in [3.05, 3.63) is 18.2 Å². The molecular weight excluding hydrogens is 443 g/mol. The van der Waals surface area contributed by atoms with Crippen LogP contribution in [0.5, 0.6) is 0 Å². The maximum absolute atomic E-state index is 12.1. The van der Waals surface area contributed by atoms with E-state index >= 15 is 0 Å². The number of nitrogens with zero attached hydrogens (tertiary/aromatic N) is 4. The molecule has 1 amide bonds. The number of unbranched alkanes of at least 4 members (excludes halogenated alkanes) is 1. The first-order valence-corrected chi connectivity index (χ1v) is 9.01. The Bertz CT molecular complexity index is 564. The first kappa shape index (κ1) is 24.7. The van der Waals surface area contributed by atoms with Crippen molar-refractivity contribution >= 4 is 35.8 Å². The molecule has 26 heavy (non-hydrogen) atoms. The standard InChI is InChI=1S/C18H34N6O.HI/c1-7-19-17(23(6)14-16(25)22-18(3,4)5)21-10-8-9-12-24-13-11-20-15(24)2;/h11,13H,7-10,12,14H2,1-6H3,(H,19,21)(H,22,25);1H. The molecule has 0 unspecified atom stereocenters. The molecule has 2 N–H and O–H groups in total. The van der Waals surface area contributed by atoms with Crippen molar-refractivity contribution in [1.82, 2.24) is 25.1 Å². The molecule has 0 radical (unpaired) electrons. The van der Waals surface area contributed by atoms with E-state index in [0.717, 1.165) is 44.3 Å². The van der Waals surface area contributed by atoms with Gasteiger partial charge in [0.15, 0.2) is 5.96 Å². The van der Waals surface area contributed by atoms with E-state index in [-0.39, 0.29) is 42.0 Å². The number of carbonyl (C=O) groups is 1. The van der Waals surface area contributed by atoms with Crippen LogP contribution in [0.4, 0.5) is 0 Å². The number of hydrogen-bond donors (Lipinski definition) is 2. The Morgan fingerprint density at radius 3 is 2.58 bits per heavy atom. The average molecular weight is 478 g/mol. The van der Waals surface area contributed by atoms with Crippen LogP contribution < -0.4 is 10.6 Å². The molecule has 1 rings (SSSR count). The van der Waals surface area contributed by atoms with Gasteiger partial charge in [0, 0.05) is 44.6 Å². The Balaban J connectivity index is 0.00000625. The van der Waals surface area contributed by atoms with Gasteiger partial charge in [0.25, 0.3) is 0 Å². The Kier molecular flexibility index (Phi) is 11.5. The highest BCUT2D eigenvalue weighted by Crippen LogP contribution is 2.01. The molecular formula is C18H35IN6O. The molecule has 8 heteroatoms. The van der Waals surface area contributed by atoms with Crippen LogP contribution in [0.1, 0.15) is 46.4 Å². The summed E-state index contributed by atoms with van der Waals surface area (Å²) >= 11 is 0. The summed E-state index contributed by atoms with van der Waals surface area (Å²) in [5.41, 5.74) is -0.223. The Morgan fingerprint density at radius 1 is 1.35 bits per heavy atom. The zero-order chi connectivity index (χ0) is 18.9. The van der Waals surface area contributed by atoms with E-state index < -0.39 is 0 Å². The largest absolute Gasteiger partial charge is 0.357 e. The topological polar surface area (TPSA) is 74.5 Å². The molecule has 0 aliphatic carbocycles. The maximum atomic E-state index is 12.1. The number of imidazole rings is 1. The van der Waals surface area contributed by atoms with E-state index in [1.54, 1.807) is 0 Å². The van der Waals surface area contributed by atoms with Crippen LogP contribution in [-0.2, 0) is 11.3 Å². The predicted octanol–water partition coefficient (Wildman–Crippen LogP) is 2.40.